The smallest absolute Gasteiger partial charge is 0.407 e. The second-order valence-corrected chi connectivity index (χ2v) is 7.05. The van der Waals surface area contributed by atoms with Crippen LogP contribution in [0.1, 0.15) is 31.1 Å². The van der Waals surface area contributed by atoms with Gasteiger partial charge in [-0.15, -0.1) is 11.8 Å². The molecular formula is C17H24N2O4S. The average molecular weight is 352 g/mol. The molecule has 0 unspecified atom stereocenters. The molecule has 7 heteroatoms. The van der Waals surface area contributed by atoms with Crippen molar-refractivity contribution < 1.29 is 19.1 Å². The quantitative estimate of drug-likeness (QED) is 0.554. The van der Waals surface area contributed by atoms with Crippen LogP contribution in [-0.2, 0) is 9.53 Å². The molecule has 0 aliphatic carbocycles. The minimum Gasteiger partial charge on any atom is -0.444 e. The number of thioether (sulfide) groups is 1. The van der Waals surface area contributed by atoms with Crippen molar-refractivity contribution in [1.82, 2.24) is 10.6 Å². The number of hydrogen-bond donors (Lipinski definition) is 2. The molecule has 1 aromatic carbocycles. The van der Waals surface area contributed by atoms with Crippen LogP contribution in [0.4, 0.5) is 4.79 Å². The molecule has 0 spiro atoms. The summed E-state index contributed by atoms with van der Waals surface area (Å²) in [6.07, 6.45) is -0.514. The van der Waals surface area contributed by atoms with E-state index in [9.17, 15) is 14.4 Å². The summed E-state index contributed by atoms with van der Waals surface area (Å²) < 4.78 is 5.07. The van der Waals surface area contributed by atoms with Crippen molar-refractivity contribution in [2.75, 3.05) is 24.6 Å². The molecule has 0 saturated carbocycles. The third kappa shape index (κ3) is 9.19. The highest BCUT2D eigenvalue weighted by Gasteiger charge is 2.15. The highest BCUT2D eigenvalue weighted by atomic mass is 32.2. The van der Waals surface area contributed by atoms with Crippen molar-refractivity contribution in [3.05, 3.63) is 35.9 Å². The number of ether oxygens (including phenoxy) is 1. The molecule has 1 aromatic rings. The Morgan fingerprint density at radius 3 is 2.25 bits per heavy atom. The van der Waals surface area contributed by atoms with Gasteiger partial charge in [0, 0.05) is 18.7 Å². The molecule has 0 atom stereocenters. The predicted octanol–water partition coefficient (Wildman–Crippen LogP) is 2.24. The Hall–Kier alpha value is -2.02. The van der Waals surface area contributed by atoms with Crippen LogP contribution in [0.3, 0.4) is 0 Å². The molecule has 6 nitrogen and oxygen atoms in total. The fourth-order valence-electron chi connectivity index (χ4n) is 1.68. The van der Waals surface area contributed by atoms with Crippen LogP contribution in [0.5, 0.6) is 0 Å². The van der Waals surface area contributed by atoms with Gasteiger partial charge in [0.2, 0.25) is 5.91 Å². The van der Waals surface area contributed by atoms with Gasteiger partial charge in [0.1, 0.15) is 5.60 Å². The standard InChI is InChI=1S/C17H24N2O4S/c1-17(2,3)23-16(22)19-10-9-18-15(21)12-24-11-14(20)13-7-5-4-6-8-13/h4-8H,9-12H2,1-3H3,(H,18,21)(H,19,22). The van der Waals surface area contributed by atoms with Crippen molar-refractivity contribution in [2.24, 2.45) is 0 Å². The van der Waals surface area contributed by atoms with Gasteiger partial charge >= 0.3 is 6.09 Å². The third-order valence-electron chi connectivity index (χ3n) is 2.68. The van der Waals surface area contributed by atoms with Crippen LogP contribution >= 0.6 is 11.8 Å². The zero-order chi connectivity index (χ0) is 18.0. The van der Waals surface area contributed by atoms with Gasteiger partial charge < -0.3 is 15.4 Å². The summed E-state index contributed by atoms with van der Waals surface area (Å²) in [5, 5.41) is 5.23. The highest BCUT2D eigenvalue weighted by molar-refractivity contribution is 8.00. The van der Waals surface area contributed by atoms with E-state index in [1.54, 1.807) is 32.9 Å². The van der Waals surface area contributed by atoms with Crippen molar-refractivity contribution >= 4 is 29.5 Å². The lowest BCUT2D eigenvalue weighted by Gasteiger charge is -2.19. The fourth-order valence-corrected chi connectivity index (χ4v) is 2.42. The van der Waals surface area contributed by atoms with Crippen LogP contribution in [0, 0.1) is 0 Å². The van der Waals surface area contributed by atoms with Gasteiger partial charge in [-0.3, -0.25) is 9.59 Å². The lowest BCUT2D eigenvalue weighted by atomic mass is 10.2. The second-order valence-electron chi connectivity index (χ2n) is 6.06. The molecule has 2 amide bonds. The summed E-state index contributed by atoms with van der Waals surface area (Å²) in [6.45, 7) is 5.94. The summed E-state index contributed by atoms with van der Waals surface area (Å²) in [6, 6.07) is 8.98. The largest absolute Gasteiger partial charge is 0.444 e. The molecule has 0 fully saturated rings. The minimum absolute atomic E-state index is 0.00000705. The van der Waals surface area contributed by atoms with E-state index in [1.807, 2.05) is 18.2 Å². The normalized spacial score (nSPS) is 10.8. The third-order valence-corrected chi connectivity index (χ3v) is 3.61. The molecular weight excluding hydrogens is 328 g/mol. The first-order valence-electron chi connectivity index (χ1n) is 7.67. The molecule has 0 heterocycles. The van der Waals surface area contributed by atoms with E-state index < -0.39 is 11.7 Å². The number of carbonyl (C=O) groups is 3. The zero-order valence-electron chi connectivity index (χ0n) is 14.3. The maximum absolute atomic E-state index is 11.9. The maximum Gasteiger partial charge on any atom is 0.407 e. The van der Waals surface area contributed by atoms with Gasteiger partial charge in [-0.25, -0.2) is 4.79 Å². The van der Waals surface area contributed by atoms with E-state index in [0.717, 1.165) is 0 Å². The molecule has 0 saturated heterocycles. The number of carbonyl (C=O) groups excluding carboxylic acids is 3. The van der Waals surface area contributed by atoms with Gasteiger partial charge in [0.05, 0.1) is 11.5 Å². The molecule has 0 aliphatic rings. The van der Waals surface area contributed by atoms with E-state index >= 15 is 0 Å². The Morgan fingerprint density at radius 1 is 1.00 bits per heavy atom. The van der Waals surface area contributed by atoms with Crippen molar-refractivity contribution in [1.29, 1.82) is 0 Å². The maximum atomic E-state index is 11.9. The number of ketones is 1. The molecule has 24 heavy (non-hydrogen) atoms. The van der Waals surface area contributed by atoms with E-state index in [1.165, 1.54) is 11.8 Å². The lowest BCUT2D eigenvalue weighted by molar-refractivity contribution is -0.118. The molecule has 0 aliphatic heterocycles. The Kier molecular flexibility index (Phi) is 8.32. The molecule has 0 radical (unpaired) electrons. The second kappa shape index (κ2) is 9.97. The number of nitrogens with one attached hydrogen (secondary N) is 2. The van der Waals surface area contributed by atoms with Crippen molar-refractivity contribution in [2.45, 2.75) is 26.4 Å². The predicted molar refractivity (Wildman–Crippen MR) is 95.3 cm³/mol. The molecule has 2 N–H and O–H groups in total. The number of alkyl carbamates (subject to hydrolysis) is 1. The number of amides is 2. The first-order chi connectivity index (χ1) is 11.3. The van der Waals surface area contributed by atoms with Crippen LogP contribution in [0.25, 0.3) is 0 Å². The first-order valence-corrected chi connectivity index (χ1v) is 8.83. The fraction of sp³-hybridized carbons (Fsp3) is 0.471. The van der Waals surface area contributed by atoms with Gasteiger partial charge in [-0.2, -0.15) is 0 Å². The van der Waals surface area contributed by atoms with Gasteiger partial charge in [-0.1, -0.05) is 30.3 Å². The number of hydrogen-bond acceptors (Lipinski definition) is 5. The van der Waals surface area contributed by atoms with Crippen LogP contribution < -0.4 is 10.6 Å². The SMILES string of the molecule is CC(C)(C)OC(=O)NCCNC(=O)CSCC(=O)c1ccccc1. The Labute approximate surface area is 146 Å². The zero-order valence-corrected chi connectivity index (χ0v) is 15.1. The van der Waals surface area contributed by atoms with E-state index in [2.05, 4.69) is 10.6 Å². The Balaban J connectivity index is 2.10. The average Bonchev–Trinajstić information content (AvgIpc) is 2.50. The van der Waals surface area contributed by atoms with Crippen molar-refractivity contribution in [3.8, 4) is 0 Å². The van der Waals surface area contributed by atoms with Gasteiger partial charge in [-0.05, 0) is 20.8 Å². The van der Waals surface area contributed by atoms with E-state index in [0.29, 0.717) is 12.1 Å². The summed E-state index contributed by atoms with van der Waals surface area (Å²) in [4.78, 5) is 34.9. The molecule has 132 valence electrons. The van der Waals surface area contributed by atoms with Crippen LogP contribution in [0.15, 0.2) is 30.3 Å². The monoisotopic (exact) mass is 352 g/mol. The minimum atomic E-state index is -0.546. The summed E-state index contributed by atoms with van der Waals surface area (Å²) in [5.74, 6) is 0.283. The highest BCUT2D eigenvalue weighted by Crippen LogP contribution is 2.07. The van der Waals surface area contributed by atoms with E-state index in [-0.39, 0.29) is 29.7 Å². The lowest BCUT2D eigenvalue weighted by Crippen LogP contribution is -2.38. The topological polar surface area (TPSA) is 84.5 Å². The number of benzene rings is 1. The van der Waals surface area contributed by atoms with Gasteiger partial charge in [0.25, 0.3) is 0 Å². The Morgan fingerprint density at radius 2 is 1.62 bits per heavy atom. The van der Waals surface area contributed by atoms with E-state index in [4.69, 9.17) is 4.74 Å². The number of rotatable bonds is 8. The summed E-state index contributed by atoms with van der Waals surface area (Å²) >= 11 is 1.26. The first kappa shape index (κ1) is 20.0. The molecule has 1 rings (SSSR count). The Bertz CT molecular complexity index is 555. The molecule has 0 aromatic heterocycles. The summed E-state index contributed by atoms with van der Waals surface area (Å²) in [5.41, 5.74) is 0.0990. The van der Waals surface area contributed by atoms with Crippen LogP contribution in [-0.4, -0.2) is 48.0 Å². The van der Waals surface area contributed by atoms with Gasteiger partial charge in [0.15, 0.2) is 5.78 Å². The summed E-state index contributed by atoms with van der Waals surface area (Å²) in [7, 11) is 0. The van der Waals surface area contributed by atoms with Crippen molar-refractivity contribution in [3.63, 3.8) is 0 Å². The molecule has 0 bridgehead atoms. The number of Topliss-reactive ketones (excluding diaryl/α,β-unsaturated/α-hetero) is 1. The van der Waals surface area contributed by atoms with Crippen LogP contribution in [0.2, 0.25) is 0 Å².